The van der Waals surface area contributed by atoms with Gasteiger partial charge < -0.3 is 15.5 Å². The summed E-state index contributed by atoms with van der Waals surface area (Å²) in [6.07, 6.45) is 8.84. The van der Waals surface area contributed by atoms with Crippen LogP contribution in [0.15, 0.2) is 0 Å². The SMILES string of the molecule is CC1CCN(CCCNC(=O)CNC2CCCC2)CC1. The molecule has 2 rings (SSSR count). The summed E-state index contributed by atoms with van der Waals surface area (Å²) in [7, 11) is 0. The molecule has 1 heterocycles. The third-order valence-electron chi connectivity index (χ3n) is 4.76. The van der Waals surface area contributed by atoms with E-state index in [0.717, 1.165) is 25.4 Å². The van der Waals surface area contributed by atoms with E-state index in [0.29, 0.717) is 12.6 Å². The van der Waals surface area contributed by atoms with Crippen LogP contribution in [0.5, 0.6) is 0 Å². The highest BCUT2D eigenvalue weighted by molar-refractivity contribution is 5.77. The summed E-state index contributed by atoms with van der Waals surface area (Å²) in [6.45, 7) is 7.25. The first-order valence-corrected chi connectivity index (χ1v) is 8.46. The lowest BCUT2D eigenvalue weighted by atomic mass is 9.99. The Labute approximate surface area is 123 Å². The second kappa shape index (κ2) is 8.63. The Morgan fingerprint density at radius 3 is 2.55 bits per heavy atom. The predicted octanol–water partition coefficient (Wildman–Crippen LogP) is 1.76. The summed E-state index contributed by atoms with van der Waals surface area (Å²) in [5, 5.41) is 6.38. The van der Waals surface area contributed by atoms with Crippen LogP contribution in [-0.2, 0) is 4.79 Å². The summed E-state index contributed by atoms with van der Waals surface area (Å²) in [5.41, 5.74) is 0. The summed E-state index contributed by atoms with van der Waals surface area (Å²) < 4.78 is 0. The Bertz CT molecular complexity index is 281. The highest BCUT2D eigenvalue weighted by Gasteiger charge is 2.16. The summed E-state index contributed by atoms with van der Waals surface area (Å²) in [4.78, 5) is 14.2. The van der Waals surface area contributed by atoms with Crippen LogP contribution in [0.2, 0.25) is 0 Å². The van der Waals surface area contributed by atoms with Gasteiger partial charge >= 0.3 is 0 Å². The van der Waals surface area contributed by atoms with Gasteiger partial charge in [0.25, 0.3) is 0 Å². The number of amides is 1. The lowest BCUT2D eigenvalue weighted by Crippen LogP contribution is -2.39. The van der Waals surface area contributed by atoms with E-state index in [-0.39, 0.29) is 5.91 Å². The lowest BCUT2D eigenvalue weighted by Gasteiger charge is -2.30. The molecular formula is C16H31N3O. The second-order valence-corrected chi connectivity index (χ2v) is 6.59. The number of likely N-dealkylation sites (tertiary alicyclic amines) is 1. The Kier molecular flexibility index (Phi) is 6.80. The maximum Gasteiger partial charge on any atom is 0.233 e. The van der Waals surface area contributed by atoms with Gasteiger partial charge in [-0.25, -0.2) is 0 Å². The Morgan fingerprint density at radius 1 is 1.15 bits per heavy atom. The molecule has 0 bridgehead atoms. The molecule has 0 unspecified atom stereocenters. The first-order valence-electron chi connectivity index (χ1n) is 8.46. The van der Waals surface area contributed by atoms with Gasteiger partial charge in [-0.1, -0.05) is 19.8 Å². The van der Waals surface area contributed by atoms with Crippen LogP contribution in [0.1, 0.15) is 51.9 Å². The lowest BCUT2D eigenvalue weighted by molar-refractivity contribution is -0.120. The smallest absolute Gasteiger partial charge is 0.233 e. The number of hydrogen-bond acceptors (Lipinski definition) is 3. The van der Waals surface area contributed by atoms with Crippen molar-refractivity contribution in [1.82, 2.24) is 15.5 Å². The van der Waals surface area contributed by atoms with Crippen molar-refractivity contribution < 1.29 is 4.79 Å². The minimum absolute atomic E-state index is 0.157. The zero-order valence-corrected chi connectivity index (χ0v) is 13.0. The molecule has 2 aliphatic rings. The van der Waals surface area contributed by atoms with Crippen molar-refractivity contribution in [2.24, 2.45) is 5.92 Å². The minimum Gasteiger partial charge on any atom is -0.355 e. The topological polar surface area (TPSA) is 44.4 Å². The van der Waals surface area contributed by atoms with Gasteiger partial charge in [-0.2, -0.15) is 0 Å². The fraction of sp³-hybridized carbons (Fsp3) is 0.938. The number of carbonyl (C=O) groups excluding carboxylic acids is 1. The number of carbonyl (C=O) groups is 1. The van der Waals surface area contributed by atoms with Gasteiger partial charge in [-0.15, -0.1) is 0 Å². The van der Waals surface area contributed by atoms with Crippen molar-refractivity contribution in [3.05, 3.63) is 0 Å². The van der Waals surface area contributed by atoms with Gasteiger partial charge in [-0.3, -0.25) is 4.79 Å². The van der Waals surface area contributed by atoms with Crippen LogP contribution >= 0.6 is 0 Å². The van der Waals surface area contributed by atoms with E-state index < -0.39 is 0 Å². The molecule has 116 valence electrons. The molecule has 1 saturated carbocycles. The molecule has 0 radical (unpaired) electrons. The van der Waals surface area contributed by atoms with E-state index in [1.165, 1.54) is 51.6 Å². The molecule has 20 heavy (non-hydrogen) atoms. The fourth-order valence-electron chi connectivity index (χ4n) is 3.25. The molecule has 0 atom stereocenters. The first kappa shape index (κ1) is 15.8. The van der Waals surface area contributed by atoms with E-state index in [1.54, 1.807) is 0 Å². The average molecular weight is 281 g/mol. The molecule has 2 N–H and O–H groups in total. The highest BCUT2D eigenvalue weighted by Crippen LogP contribution is 2.17. The maximum atomic E-state index is 11.7. The number of nitrogens with one attached hydrogen (secondary N) is 2. The summed E-state index contributed by atoms with van der Waals surface area (Å²) >= 11 is 0. The average Bonchev–Trinajstić information content (AvgIpc) is 2.96. The van der Waals surface area contributed by atoms with Gasteiger partial charge in [0.1, 0.15) is 0 Å². The molecule has 4 heteroatoms. The molecule has 1 aliphatic carbocycles. The summed E-state index contributed by atoms with van der Waals surface area (Å²) in [5.74, 6) is 1.05. The van der Waals surface area contributed by atoms with E-state index >= 15 is 0 Å². The van der Waals surface area contributed by atoms with E-state index in [2.05, 4.69) is 22.5 Å². The predicted molar refractivity (Wildman–Crippen MR) is 82.7 cm³/mol. The van der Waals surface area contributed by atoms with Crippen LogP contribution in [0.4, 0.5) is 0 Å². The van der Waals surface area contributed by atoms with Crippen LogP contribution < -0.4 is 10.6 Å². The van der Waals surface area contributed by atoms with Crippen molar-refractivity contribution in [2.45, 2.75) is 57.9 Å². The number of rotatable bonds is 7. The maximum absolute atomic E-state index is 11.7. The van der Waals surface area contributed by atoms with Gasteiger partial charge in [-0.05, 0) is 57.7 Å². The third-order valence-corrected chi connectivity index (χ3v) is 4.76. The Hall–Kier alpha value is -0.610. The van der Waals surface area contributed by atoms with Gasteiger partial charge in [0.05, 0.1) is 6.54 Å². The largest absolute Gasteiger partial charge is 0.355 e. The molecule has 4 nitrogen and oxygen atoms in total. The van der Waals surface area contributed by atoms with Gasteiger partial charge in [0.15, 0.2) is 0 Å². The van der Waals surface area contributed by atoms with Crippen LogP contribution in [0.3, 0.4) is 0 Å². The molecular weight excluding hydrogens is 250 g/mol. The van der Waals surface area contributed by atoms with Crippen LogP contribution in [0, 0.1) is 5.92 Å². The van der Waals surface area contributed by atoms with Crippen molar-refractivity contribution >= 4 is 5.91 Å². The van der Waals surface area contributed by atoms with E-state index in [4.69, 9.17) is 0 Å². The Balaban J connectivity index is 1.44. The zero-order valence-electron chi connectivity index (χ0n) is 13.0. The zero-order chi connectivity index (χ0) is 14.2. The molecule has 1 saturated heterocycles. The molecule has 0 aromatic carbocycles. The molecule has 2 fully saturated rings. The molecule has 1 aliphatic heterocycles. The monoisotopic (exact) mass is 281 g/mol. The van der Waals surface area contributed by atoms with Crippen molar-refractivity contribution in [1.29, 1.82) is 0 Å². The molecule has 0 spiro atoms. The second-order valence-electron chi connectivity index (χ2n) is 6.59. The quantitative estimate of drug-likeness (QED) is 0.699. The number of piperidine rings is 1. The first-order chi connectivity index (χ1) is 9.74. The molecule has 1 amide bonds. The third kappa shape index (κ3) is 5.80. The number of nitrogens with zero attached hydrogens (tertiary/aromatic N) is 1. The molecule has 0 aromatic rings. The normalized spacial score (nSPS) is 22.2. The minimum atomic E-state index is 0.157. The van der Waals surface area contributed by atoms with Crippen LogP contribution in [-0.4, -0.2) is 49.6 Å². The van der Waals surface area contributed by atoms with Gasteiger partial charge in [0.2, 0.25) is 5.91 Å². The van der Waals surface area contributed by atoms with E-state index in [9.17, 15) is 4.79 Å². The van der Waals surface area contributed by atoms with Crippen molar-refractivity contribution in [3.63, 3.8) is 0 Å². The van der Waals surface area contributed by atoms with Crippen LogP contribution in [0.25, 0.3) is 0 Å². The Morgan fingerprint density at radius 2 is 1.85 bits per heavy atom. The standard InChI is InChI=1S/C16H31N3O/c1-14-7-11-19(12-8-14)10-4-9-17-16(20)13-18-15-5-2-3-6-15/h14-15,18H,2-13H2,1H3,(H,17,20). The van der Waals surface area contributed by atoms with E-state index in [1.807, 2.05) is 0 Å². The summed E-state index contributed by atoms with van der Waals surface area (Å²) in [6, 6.07) is 0.580. The van der Waals surface area contributed by atoms with Gasteiger partial charge in [0, 0.05) is 12.6 Å². The van der Waals surface area contributed by atoms with Crippen molar-refractivity contribution in [2.75, 3.05) is 32.7 Å². The fourth-order valence-corrected chi connectivity index (χ4v) is 3.25. The number of hydrogen-bond donors (Lipinski definition) is 2. The molecule has 0 aromatic heterocycles. The van der Waals surface area contributed by atoms with Crippen molar-refractivity contribution in [3.8, 4) is 0 Å². The highest BCUT2D eigenvalue weighted by atomic mass is 16.1.